The molecule has 0 radical (unpaired) electrons. The lowest BCUT2D eigenvalue weighted by molar-refractivity contribution is -0.144. The van der Waals surface area contributed by atoms with Gasteiger partial charge in [-0.25, -0.2) is 14.6 Å². The minimum absolute atomic E-state index is 0.0477. The highest BCUT2D eigenvalue weighted by Gasteiger charge is 2.24. The molecule has 2 aromatic rings. The molecule has 1 amide bonds. The summed E-state index contributed by atoms with van der Waals surface area (Å²) in [5.41, 5.74) is 1.88. The first-order valence-corrected chi connectivity index (χ1v) is 9.67. The van der Waals surface area contributed by atoms with E-state index in [2.05, 4.69) is 10.3 Å². The van der Waals surface area contributed by atoms with Crippen LogP contribution in [0.25, 0.3) is 6.08 Å². The lowest BCUT2D eigenvalue weighted by atomic mass is 10.1. The number of amidine groups is 1. The van der Waals surface area contributed by atoms with Gasteiger partial charge in [-0.1, -0.05) is 18.2 Å². The summed E-state index contributed by atoms with van der Waals surface area (Å²) in [7, 11) is 0. The Labute approximate surface area is 176 Å². The summed E-state index contributed by atoms with van der Waals surface area (Å²) in [6, 6.07) is 11.4. The number of aryl methyl sites for hydroxylation is 1. The van der Waals surface area contributed by atoms with Gasteiger partial charge in [0.05, 0.1) is 16.2 Å². The number of ether oxygens (including phenoxy) is 1. The van der Waals surface area contributed by atoms with Gasteiger partial charge in [0.1, 0.15) is 5.75 Å². The molecule has 1 saturated heterocycles. The molecule has 1 atom stereocenters. The number of carboxylic acids is 2. The van der Waals surface area contributed by atoms with Gasteiger partial charge in [0.15, 0.2) is 11.3 Å². The Bertz CT molecular complexity index is 1080. The van der Waals surface area contributed by atoms with E-state index in [1.54, 1.807) is 42.5 Å². The zero-order valence-corrected chi connectivity index (χ0v) is 16.9. The highest BCUT2D eigenvalue weighted by Crippen LogP contribution is 2.30. The van der Waals surface area contributed by atoms with Crippen molar-refractivity contribution in [2.75, 3.05) is 0 Å². The van der Waals surface area contributed by atoms with E-state index in [0.29, 0.717) is 16.2 Å². The van der Waals surface area contributed by atoms with Crippen LogP contribution in [0.5, 0.6) is 5.75 Å². The molecule has 0 aromatic heterocycles. The van der Waals surface area contributed by atoms with Crippen molar-refractivity contribution in [2.45, 2.75) is 20.0 Å². The van der Waals surface area contributed by atoms with Gasteiger partial charge in [-0.05, 0) is 67.1 Å². The van der Waals surface area contributed by atoms with Gasteiger partial charge in [-0.2, -0.15) is 0 Å². The van der Waals surface area contributed by atoms with Gasteiger partial charge in [-0.15, -0.1) is 0 Å². The molecule has 2 aromatic carbocycles. The topological polar surface area (TPSA) is 125 Å². The number of hydrogen-bond acceptors (Lipinski definition) is 6. The molecule has 3 N–H and O–H groups in total. The van der Waals surface area contributed by atoms with E-state index in [1.807, 2.05) is 6.92 Å². The monoisotopic (exact) mass is 426 g/mol. The maximum atomic E-state index is 12.3. The number of amides is 1. The van der Waals surface area contributed by atoms with Crippen LogP contribution in [-0.2, 0) is 9.59 Å². The van der Waals surface area contributed by atoms with Crippen molar-refractivity contribution in [3.05, 3.63) is 64.1 Å². The van der Waals surface area contributed by atoms with Crippen LogP contribution in [0.3, 0.4) is 0 Å². The Morgan fingerprint density at radius 3 is 2.50 bits per heavy atom. The molecule has 1 unspecified atom stereocenters. The molecule has 1 aliphatic heterocycles. The van der Waals surface area contributed by atoms with Gasteiger partial charge >= 0.3 is 11.9 Å². The molecule has 0 spiro atoms. The Kier molecular flexibility index (Phi) is 6.22. The zero-order chi connectivity index (χ0) is 21.8. The molecule has 1 aliphatic rings. The molecule has 8 nitrogen and oxygen atoms in total. The predicted octanol–water partition coefficient (Wildman–Crippen LogP) is 3.44. The molecule has 0 bridgehead atoms. The van der Waals surface area contributed by atoms with Gasteiger partial charge in [0, 0.05) is 0 Å². The van der Waals surface area contributed by atoms with Crippen LogP contribution >= 0.6 is 11.8 Å². The number of hydrogen-bond donors (Lipinski definition) is 3. The van der Waals surface area contributed by atoms with Gasteiger partial charge in [-0.3, -0.25) is 4.79 Å². The molecule has 1 fully saturated rings. The quantitative estimate of drug-likeness (QED) is 0.604. The minimum atomic E-state index is -1.10. The highest BCUT2D eigenvalue weighted by molar-refractivity contribution is 8.18. The smallest absolute Gasteiger partial charge is 0.344 e. The Balaban J connectivity index is 1.78. The molecule has 3 rings (SSSR count). The summed E-state index contributed by atoms with van der Waals surface area (Å²) in [4.78, 5) is 39.2. The lowest BCUT2D eigenvalue weighted by Gasteiger charge is -2.10. The van der Waals surface area contributed by atoms with E-state index >= 15 is 0 Å². The third-order valence-electron chi connectivity index (χ3n) is 4.10. The van der Waals surface area contributed by atoms with Crippen molar-refractivity contribution < 1.29 is 29.3 Å². The third-order valence-corrected chi connectivity index (χ3v) is 5.00. The maximum Gasteiger partial charge on any atom is 0.344 e. The number of aliphatic carboxylic acids is 1. The molecule has 0 aliphatic carbocycles. The number of nitrogens with one attached hydrogen (secondary N) is 1. The Morgan fingerprint density at radius 1 is 1.17 bits per heavy atom. The average molecular weight is 426 g/mol. The fourth-order valence-electron chi connectivity index (χ4n) is 2.55. The highest BCUT2D eigenvalue weighted by atomic mass is 32.2. The van der Waals surface area contributed by atoms with Crippen LogP contribution in [0.2, 0.25) is 0 Å². The maximum absolute atomic E-state index is 12.3. The normalized spacial score (nSPS) is 17.1. The minimum Gasteiger partial charge on any atom is -0.479 e. The Hall–Kier alpha value is -3.59. The van der Waals surface area contributed by atoms with Crippen LogP contribution in [-0.4, -0.2) is 39.3 Å². The van der Waals surface area contributed by atoms with Gasteiger partial charge in [0.2, 0.25) is 0 Å². The van der Waals surface area contributed by atoms with Crippen molar-refractivity contribution >= 4 is 46.5 Å². The number of aliphatic imine (C=N–C) groups is 1. The van der Waals surface area contributed by atoms with E-state index in [0.717, 1.165) is 17.3 Å². The number of benzene rings is 2. The summed E-state index contributed by atoms with van der Waals surface area (Å²) in [6.07, 6.45) is 0.683. The molecule has 1 heterocycles. The summed E-state index contributed by atoms with van der Waals surface area (Å²) in [5.74, 6) is -2.10. The molecular weight excluding hydrogens is 408 g/mol. The number of nitrogens with zero attached hydrogens (tertiary/aromatic N) is 1. The van der Waals surface area contributed by atoms with Crippen LogP contribution in [0.15, 0.2) is 52.4 Å². The van der Waals surface area contributed by atoms with Crippen molar-refractivity contribution in [2.24, 2.45) is 4.99 Å². The van der Waals surface area contributed by atoms with Crippen molar-refractivity contribution in [3.8, 4) is 5.75 Å². The second kappa shape index (κ2) is 8.83. The van der Waals surface area contributed by atoms with Crippen LogP contribution in [0, 0.1) is 6.92 Å². The number of carbonyl (C=O) groups is 3. The van der Waals surface area contributed by atoms with E-state index in [9.17, 15) is 19.5 Å². The summed E-state index contributed by atoms with van der Waals surface area (Å²) < 4.78 is 5.27. The first kappa shape index (κ1) is 21.1. The fourth-order valence-corrected chi connectivity index (χ4v) is 3.39. The molecular formula is C21H18N2O6S. The van der Waals surface area contributed by atoms with E-state index in [-0.39, 0.29) is 22.3 Å². The second-order valence-electron chi connectivity index (χ2n) is 6.47. The second-order valence-corrected chi connectivity index (χ2v) is 7.51. The van der Waals surface area contributed by atoms with Crippen molar-refractivity contribution in [1.82, 2.24) is 5.32 Å². The van der Waals surface area contributed by atoms with E-state index in [4.69, 9.17) is 9.84 Å². The van der Waals surface area contributed by atoms with Gasteiger partial charge < -0.3 is 20.3 Å². The molecule has 30 heavy (non-hydrogen) atoms. The number of aromatic carboxylic acids is 1. The number of carboxylic acid groups (broad SMARTS) is 2. The van der Waals surface area contributed by atoms with Crippen LogP contribution in [0.1, 0.15) is 28.4 Å². The standard InChI is InChI=1S/C21H18N2O6S/c1-11-3-8-15(20(27)28)16(9-11)22-21-23-18(24)17(30-21)10-13-4-6-14(7-5-13)29-12(2)19(25)26/h3-10,12H,1-2H3,(H,25,26)(H,27,28)(H,22,23,24)/b17-10-. The summed E-state index contributed by atoms with van der Waals surface area (Å²) in [5, 5.41) is 21.1. The predicted molar refractivity (Wildman–Crippen MR) is 113 cm³/mol. The SMILES string of the molecule is Cc1ccc(C(=O)O)c(N=C2NC(=O)/C(=C/c3ccc(OC(C)C(=O)O)cc3)S2)c1. The first-order valence-electron chi connectivity index (χ1n) is 8.86. The molecule has 154 valence electrons. The number of rotatable bonds is 6. The average Bonchev–Trinajstić information content (AvgIpc) is 3.01. The summed E-state index contributed by atoms with van der Waals surface area (Å²) in [6.45, 7) is 3.26. The third kappa shape index (κ3) is 5.06. The fraction of sp³-hybridized carbons (Fsp3) is 0.143. The van der Waals surface area contributed by atoms with Gasteiger partial charge in [0.25, 0.3) is 5.91 Å². The van der Waals surface area contributed by atoms with Crippen molar-refractivity contribution in [1.29, 1.82) is 0 Å². The number of thioether (sulfide) groups is 1. The van der Waals surface area contributed by atoms with Crippen LogP contribution in [0.4, 0.5) is 5.69 Å². The van der Waals surface area contributed by atoms with Crippen molar-refractivity contribution in [3.63, 3.8) is 0 Å². The molecule has 9 heteroatoms. The molecule has 0 saturated carbocycles. The van der Waals surface area contributed by atoms with Crippen LogP contribution < -0.4 is 10.1 Å². The largest absolute Gasteiger partial charge is 0.479 e. The first-order chi connectivity index (χ1) is 14.2. The van der Waals surface area contributed by atoms with E-state index in [1.165, 1.54) is 13.0 Å². The summed E-state index contributed by atoms with van der Waals surface area (Å²) >= 11 is 1.10. The van der Waals surface area contributed by atoms with E-state index < -0.39 is 18.0 Å². The number of carbonyl (C=O) groups excluding carboxylic acids is 1. The Morgan fingerprint density at radius 2 is 1.87 bits per heavy atom. The zero-order valence-electron chi connectivity index (χ0n) is 16.1. The lowest BCUT2D eigenvalue weighted by Crippen LogP contribution is -2.22.